The van der Waals surface area contributed by atoms with Gasteiger partial charge in [-0.25, -0.2) is 79.0 Å². The number of alkyl halides is 9. The number of rotatable bonds is 9. The van der Waals surface area contributed by atoms with Gasteiger partial charge in [-0.1, -0.05) is 0 Å². The molecule has 0 aromatic heterocycles. The molecule has 0 fully saturated rings. The smallest absolute Gasteiger partial charge is 0.422 e. The van der Waals surface area contributed by atoms with E-state index in [0.717, 1.165) is 0 Å². The molecule has 7 rings (SSSR count). The lowest BCUT2D eigenvalue weighted by molar-refractivity contribution is -0.144. The van der Waals surface area contributed by atoms with Crippen molar-refractivity contribution in [2.45, 2.75) is 18.5 Å². The summed E-state index contributed by atoms with van der Waals surface area (Å²) in [5.74, 6) is -103. The second-order valence-corrected chi connectivity index (χ2v) is 16.3. The van der Waals surface area contributed by atoms with E-state index in [4.69, 9.17) is 0 Å². The van der Waals surface area contributed by atoms with E-state index in [2.05, 4.69) is 14.2 Å². The Morgan fingerprint density at radius 2 is 0.274 bits per heavy atom. The Labute approximate surface area is 439 Å². The van der Waals surface area contributed by atoms with Crippen LogP contribution in [0.15, 0.2) is 0 Å². The molecule has 0 saturated heterocycles. The van der Waals surface area contributed by atoms with Crippen molar-refractivity contribution in [3.63, 3.8) is 0 Å². The number of hydrogen-bond acceptors (Lipinski definition) is 3. The van der Waals surface area contributed by atoms with Gasteiger partial charge in [0.25, 0.3) is 0 Å². The second kappa shape index (κ2) is 21.1. The Bertz CT molecular complexity index is 3420. The number of methoxy groups -OCH3 is 3. The first-order valence-electron chi connectivity index (χ1n) is 20.8. The van der Waals surface area contributed by atoms with E-state index in [1.165, 1.54) is 0 Å². The molecule has 0 radical (unpaired) electrons. The average Bonchev–Trinajstić information content (AvgIpc) is 1.13. The van der Waals surface area contributed by atoms with Crippen molar-refractivity contribution in [3.05, 3.63) is 156 Å². The lowest BCUT2D eigenvalue weighted by Gasteiger charge is -2.31. The molecule has 0 bridgehead atoms. The van der Waals surface area contributed by atoms with Gasteiger partial charge >= 0.3 is 18.5 Å². The normalized spacial score (nSPS) is 12.3. The van der Waals surface area contributed by atoms with Crippen molar-refractivity contribution >= 4 is 0 Å². The number of halogens is 33. The molecule has 0 spiro atoms. The Morgan fingerprint density at radius 1 is 0.167 bits per heavy atom. The fourth-order valence-corrected chi connectivity index (χ4v) is 8.58. The largest absolute Gasteiger partial charge is 0.491 e. The molecule has 0 aliphatic rings. The molecule has 84 heavy (non-hydrogen) atoms. The highest BCUT2D eigenvalue weighted by Crippen LogP contribution is 2.62. The second-order valence-electron chi connectivity index (χ2n) is 16.3. The molecular weight excluding hydrogens is 1250 g/mol. The molecule has 0 aliphatic carbocycles. The zero-order valence-electron chi connectivity index (χ0n) is 39.2. The molecule has 0 aliphatic heterocycles. The molecule has 0 atom stereocenters. The Morgan fingerprint density at radius 3 is 0.369 bits per heavy atom. The summed E-state index contributed by atoms with van der Waals surface area (Å²) in [5.41, 5.74) is -59.0. The monoisotopic (exact) mass is 1260 g/mol. The maximum atomic E-state index is 17.1. The van der Waals surface area contributed by atoms with Crippen LogP contribution in [0, 0.1) is 140 Å². The van der Waals surface area contributed by atoms with Crippen molar-refractivity contribution < 1.29 is 159 Å². The predicted molar refractivity (Wildman–Crippen MR) is 213 cm³/mol. The van der Waals surface area contributed by atoms with Crippen LogP contribution in [0.4, 0.5) is 145 Å². The van der Waals surface area contributed by atoms with Crippen LogP contribution in [0.25, 0.3) is 66.8 Å². The molecule has 450 valence electrons. The Balaban J connectivity index is 2.26. The average molecular weight is 1260 g/mol. The highest BCUT2D eigenvalue weighted by atomic mass is 19.4. The van der Waals surface area contributed by atoms with Gasteiger partial charge in [-0.15, -0.1) is 0 Å². The van der Waals surface area contributed by atoms with Crippen LogP contribution in [0.1, 0.15) is 16.7 Å². The lowest BCUT2D eigenvalue weighted by atomic mass is 9.72. The SMILES string of the molecule is COc1c(F)c(F)c(-c2c(-c3c(F)c(F)c(C(F)(F)F)c(F)c3F)c(-c3c(F)c(F)c(OC)c(F)c3F)c(-c3c(F)c(F)c(C(F)(F)F)c(F)c3F)c(-c3c(F)c(F)c(OC)c(F)c3F)c2-c2c(F)c(F)c(C(F)(F)F)c(F)c2F)c(F)c1F. The van der Waals surface area contributed by atoms with Crippen LogP contribution in [0.2, 0.25) is 0 Å². The van der Waals surface area contributed by atoms with Crippen LogP contribution in [0.3, 0.4) is 0 Å². The zero-order valence-corrected chi connectivity index (χ0v) is 39.2. The van der Waals surface area contributed by atoms with Crippen molar-refractivity contribution in [3.8, 4) is 84.0 Å². The van der Waals surface area contributed by atoms with Crippen molar-refractivity contribution in [1.82, 2.24) is 0 Å². The van der Waals surface area contributed by atoms with Gasteiger partial charge in [0, 0.05) is 33.4 Å². The van der Waals surface area contributed by atoms with Gasteiger partial charge in [0.05, 0.1) is 54.7 Å². The van der Waals surface area contributed by atoms with Gasteiger partial charge in [0.1, 0.15) is 16.7 Å². The van der Waals surface area contributed by atoms with E-state index < -0.39 is 259 Å². The summed E-state index contributed by atoms with van der Waals surface area (Å²) < 4.78 is 537. The van der Waals surface area contributed by atoms with Crippen LogP contribution in [0.5, 0.6) is 17.2 Å². The van der Waals surface area contributed by atoms with Gasteiger partial charge in [-0.2, -0.15) is 65.9 Å². The predicted octanol–water partition coefficient (Wildman–Crippen LogP) is 18.1. The van der Waals surface area contributed by atoms with E-state index in [-0.39, 0.29) is 21.3 Å². The van der Waals surface area contributed by atoms with Crippen LogP contribution in [-0.2, 0) is 18.5 Å². The summed E-state index contributed by atoms with van der Waals surface area (Å²) in [6.07, 6.45) is -20.9. The van der Waals surface area contributed by atoms with Gasteiger partial charge in [-0.3, -0.25) is 0 Å². The Hall–Kier alpha value is -8.37. The molecular formula is C48H9F33O3. The summed E-state index contributed by atoms with van der Waals surface area (Å²) >= 11 is 0. The fraction of sp³-hybridized carbons (Fsp3) is 0.125. The third-order valence-corrected chi connectivity index (χ3v) is 11.9. The van der Waals surface area contributed by atoms with Crippen LogP contribution < -0.4 is 14.2 Å². The quantitative estimate of drug-likeness (QED) is 0.106. The molecule has 0 heterocycles. The van der Waals surface area contributed by atoms with Crippen molar-refractivity contribution in [2.75, 3.05) is 21.3 Å². The zero-order chi connectivity index (χ0) is 63.9. The minimum Gasteiger partial charge on any atom is -0.491 e. The number of benzene rings is 7. The molecule has 0 N–H and O–H groups in total. The maximum absolute atomic E-state index is 17.1. The first-order chi connectivity index (χ1) is 38.6. The molecule has 3 nitrogen and oxygen atoms in total. The summed E-state index contributed by atoms with van der Waals surface area (Å²) in [6, 6.07) is 0. The maximum Gasteiger partial charge on any atom is 0.422 e. The van der Waals surface area contributed by atoms with Crippen molar-refractivity contribution in [1.29, 1.82) is 0 Å². The molecule has 0 unspecified atom stereocenters. The minimum atomic E-state index is -6.97. The Kier molecular flexibility index (Phi) is 15.8. The summed E-state index contributed by atoms with van der Waals surface area (Å²) in [6.45, 7) is 0. The van der Waals surface area contributed by atoms with E-state index in [9.17, 15) is 39.5 Å². The van der Waals surface area contributed by atoms with Gasteiger partial charge < -0.3 is 14.2 Å². The topological polar surface area (TPSA) is 27.7 Å². The molecule has 7 aromatic rings. The summed E-state index contributed by atoms with van der Waals surface area (Å²) in [4.78, 5) is 0. The lowest BCUT2D eigenvalue weighted by Crippen LogP contribution is -2.19. The molecule has 0 amide bonds. The van der Waals surface area contributed by atoms with Gasteiger partial charge in [-0.05, 0) is 0 Å². The van der Waals surface area contributed by atoms with E-state index in [0.29, 0.717) is 0 Å². The van der Waals surface area contributed by atoms with Gasteiger partial charge in [0.15, 0.2) is 122 Å². The fourth-order valence-electron chi connectivity index (χ4n) is 8.58. The highest BCUT2D eigenvalue weighted by Gasteiger charge is 2.51. The minimum absolute atomic E-state index is 0.0268. The highest BCUT2D eigenvalue weighted by molar-refractivity contribution is 6.16. The number of hydrogen-bond donors (Lipinski definition) is 0. The van der Waals surface area contributed by atoms with Gasteiger partial charge in [0.2, 0.25) is 34.9 Å². The number of ether oxygens (including phenoxy) is 3. The standard InChI is InChI=1S/C48H9F33O3/c1-82-43-37(67)25(55)13(26(56)38(43)68)7-4(10-19(49)31(61)16(46(73,74)75)32(62)20(10)50)8(14-27(57)39(69)44(83-2)40(70)28(14)58)6(12-23(53)35(65)18(48(79,80)81)36(66)24(12)54)9(15-29(59)41(71)45(84-3)42(72)30(15)60)5(7)11-21(51)33(63)17(47(76,77)78)34(64)22(11)52/h1-3H3. The summed E-state index contributed by atoms with van der Waals surface area (Å²) in [7, 11) is -0.0804. The third kappa shape index (κ3) is 9.01. The first-order valence-corrected chi connectivity index (χ1v) is 20.8. The third-order valence-electron chi connectivity index (χ3n) is 11.9. The van der Waals surface area contributed by atoms with Crippen LogP contribution in [-0.4, -0.2) is 21.3 Å². The van der Waals surface area contributed by atoms with E-state index in [1.54, 1.807) is 0 Å². The van der Waals surface area contributed by atoms with E-state index in [1.807, 2.05) is 0 Å². The van der Waals surface area contributed by atoms with Crippen molar-refractivity contribution in [2.24, 2.45) is 0 Å². The molecule has 7 aromatic carbocycles. The summed E-state index contributed by atoms with van der Waals surface area (Å²) in [5, 5.41) is 0. The first kappa shape index (κ1) is 63.2. The van der Waals surface area contributed by atoms with Crippen LogP contribution >= 0.6 is 0 Å². The van der Waals surface area contributed by atoms with E-state index >= 15 is 105 Å². The molecule has 0 saturated carbocycles. The molecule has 36 heteroatoms.